The number of hydrogen-bond donors (Lipinski definition) is 2. The highest BCUT2D eigenvalue weighted by Crippen LogP contribution is 2.36. The number of unbranched alkanes of at least 4 members (excludes halogenated alkanes) is 24. The van der Waals surface area contributed by atoms with Crippen molar-refractivity contribution in [1.29, 1.82) is 0 Å². The number of hydrogen-bond acceptors (Lipinski definition) is 6. The molecule has 0 radical (unpaired) electrons. The molecule has 0 fully saturated rings. The van der Waals surface area contributed by atoms with Crippen LogP contribution in [0, 0.1) is 0 Å². The minimum Gasteiger partial charge on any atom is -0.462 e. The fourth-order valence-electron chi connectivity index (χ4n) is 5.83. The van der Waals surface area contributed by atoms with Crippen molar-refractivity contribution >= 4 is 19.8 Å². The first-order valence-electron chi connectivity index (χ1n) is 20.6. The van der Waals surface area contributed by atoms with E-state index < -0.39 is 32.5 Å². The van der Waals surface area contributed by atoms with Gasteiger partial charge in [0.05, 0.1) is 6.61 Å². The van der Waals surface area contributed by atoms with Crippen molar-refractivity contribution in [1.82, 2.24) is 0 Å². The smallest absolute Gasteiger partial charge is 0.462 e. The van der Waals surface area contributed by atoms with Gasteiger partial charge in [-0.2, -0.15) is 0 Å². The standard InChI is InChI=1S/C41H77O8P/c1-3-5-7-9-11-13-15-17-18-19-20-21-22-24-26-28-30-32-34-36-41(43)49-39(38-48-50(44,45)46)37-47-40(42)35-33-31-29-27-25-23-16-14-12-10-8-6-4-2/h14,16-18,39H,3-13,15,19-38H2,1-2H3,(H2,44,45,46)/b16-14-,18-17-/t39-/m1/s1. The lowest BCUT2D eigenvalue weighted by Crippen LogP contribution is -2.29. The first kappa shape index (κ1) is 48.5. The molecule has 0 amide bonds. The zero-order chi connectivity index (χ0) is 36.8. The second-order valence-electron chi connectivity index (χ2n) is 14.0. The second-order valence-corrected chi connectivity index (χ2v) is 15.2. The lowest BCUT2D eigenvalue weighted by molar-refractivity contribution is -0.161. The Morgan fingerprint density at radius 1 is 0.500 bits per heavy atom. The number of carbonyl (C=O) groups is 2. The SMILES string of the molecule is CCCCCC/C=C\CCCCCCCC(=O)OC[C@H](COP(=O)(O)O)OC(=O)CCCCCCCCCCC/C=C\CCCCCCCC. The average Bonchev–Trinajstić information content (AvgIpc) is 3.08. The summed E-state index contributed by atoms with van der Waals surface area (Å²) in [5.74, 6) is -0.892. The van der Waals surface area contributed by atoms with Crippen LogP contribution >= 0.6 is 7.82 Å². The van der Waals surface area contributed by atoms with Crippen molar-refractivity contribution in [2.45, 2.75) is 213 Å². The molecule has 8 nitrogen and oxygen atoms in total. The molecule has 2 N–H and O–H groups in total. The van der Waals surface area contributed by atoms with Gasteiger partial charge in [-0.1, -0.05) is 154 Å². The predicted molar refractivity (Wildman–Crippen MR) is 207 cm³/mol. The number of allylic oxidation sites excluding steroid dienone is 4. The topological polar surface area (TPSA) is 119 Å². The van der Waals surface area contributed by atoms with Crippen molar-refractivity contribution in [3.05, 3.63) is 24.3 Å². The van der Waals surface area contributed by atoms with E-state index in [9.17, 15) is 14.2 Å². The molecule has 294 valence electrons. The van der Waals surface area contributed by atoms with Crippen LogP contribution < -0.4 is 0 Å². The summed E-state index contributed by atoms with van der Waals surface area (Å²) in [5, 5.41) is 0. The molecule has 9 heteroatoms. The molecular weight excluding hydrogens is 651 g/mol. The molecule has 0 aliphatic rings. The molecule has 0 bridgehead atoms. The van der Waals surface area contributed by atoms with Gasteiger partial charge in [0.25, 0.3) is 0 Å². The van der Waals surface area contributed by atoms with Gasteiger partial charge in [-0.05, 0) is 64.2 Å². The van der Waals surface area contributed by atoms with Crippen LogP contribution in [0.4, 0.5) is 0 Å². The highest BCUT2D eigenvalue weighted by atomic mass is 31.2. The number of phosphoric ester groups is 1. The summed E-state index contributed by atoms with van der Waals surface area (Å²) in [6.45, 7) is 3.66. The van der Waals surface area contributed by atoms with Crippen molar-refractivity contribution < 1.29 is 37.9 Å². The normalized spacial score (nSPS) is 12.6. The third-order valence-corrected chi connectivity index (χ3v) is 9.43. The monoisotopic (exact) mass is 729 g/mol. The summed E-state index contributed by atoms with van der Waals surface area (Å²) in [6.07, 6.45) is 41.8. The van der Waals surface area contributed by atoms with Crippen LogP contribution in [0.2, 0.25) is 0 Å². The Morgan fingerprint density at radius 3 is 1.24 bits per heavy atom. The zero-order valence-electron chi connectivity index (χ0n) is 32.3. The summed E-state index contributed by atoms with van der Waals surface area (Å²) in [4.78, 5) is 42.8. The van der Waals surface area contributed by atoms with Gasteiger partial charge in [0, 0.05) is 12.8 Å². The molecule has 0 rings (SSSR count). The Labute approximate surface area is 307 Å². The maximum Gasteiger partial charge on any atom is 0.469 e. The maximum absolute atomic E-state index is 12.4. The first-order chi connectivity index (χ1) is 24.3. The molecule has 50 heavy (non-hydrogen) atoms. The molecule has 0 aromatic heterocycles. The van der Waals surface area contributed by atoms with Gasteiger partial charge in [0.15, 0.2) is 6.10 Å². The van der Waals surface area contributed by atoms with Crippen molar-refractivity contribution in [2.75, 3.05) is 13.2 Å². The van der Waals surface area contributed by atoms with Crippen LogP contribution in [0.5, 0.6) is 0 Å². The Bertz CT molecular complexity index is 869. The molecular formula is C41H77O8P. The van der Waals surface area contributed by atoms with E-state index in [4.69, 9.17) is 19.3 Å². The molecule has 0 aromatic rings. The molecule has 0 aliphatic carbocycles. The number of carbonyl (C=O) groups excluding carboxylic acids is 2. The minimum absolute atomic E-state index is 0.210. The van der Waals surface area contributed by atoms with E-state index >= 15 is 0 Å². The fourth-order valence-corrected chi connectivity index (χ4v) is 6.19. The van der Waals surface area contributed by atoms with Crippen LogP contribution in [0.15, 0.2) is 24.3 Å². The second kappa shape index (κ2) is 37.3. The number of phosphoric acid groups is 1. The summed E-state index contributed by atoms with van der Waals surface area (Å²) in [5.41, 5.74) is 0. The van der Waals surface area contributed by atoms with E-state index in [-0.39, 0.29) is 19.4 Å². The highest BCUT2D eigenvalue weighted by molar-refractivity contribution is 7.46. The largest absolute Gasteiger partial charge is 0.469 e. The summed E-state index contributed by atoms with van der Waals surface area (Å²) >= 11 is 0. The number of ether oxygens (including phenoxy) is 2. The van der Waals surface area contributed by atoms with Crippen LogP contribution in [0.3, 0.4) is 0 Å². The van der Waals surface area contributed by atoms with Crippen LogP contribution in [0.1, 0.15) is 206 Å². The lowest BCUT2D eigenvalue weighted by atomic mass is 10.1. The van der Waals surface area contributed by atoms with E-state index in [1.807, 2.05) is 0 Å². The van der Waals surface area contributed by atoms with Gasteiger partial charge in [-0.3, -0.25) is 14.1 Å². The van der Waals surface area contributed by atoms with Gasteiger partial charge in [-0.25, -0.2) is 4.57 Å². The minimum atomic E-state index is -4.75. The first-order valence-corrected chi connectivity index (χ1v) is 22.2. The van der Waals surface area contributed by atoms with Crippen molar-refractivity contribution in [2.24, 2.45) is 0 Å². The number of esters is 2. The predicted octanol–water partition coefficient (Wildman–Crippen LogP) is 12.4. The Kier molecular flexibility index (Phi) is 36.2. The quantitative estimate of drug-likeness (QED) is 0.0279. The lowest BCUT2D eigenvalue weighted by Gasteiger charge is -2.18. The van der Waals surface area contributed by atoms with Gasteiger partial charge in [0.2, 0.25) is 0 Å². The molecule has 0 saturated carbocycles. The summed E-state index contributed by atoms with van der Waals surface area (Å²) < 4.78 is 26.4. The van der Waals surface area contributed by atoms with Gasteiger partial charge >= 0.3 is 19.8 Å². The van der Waals surface area contributed by atoms with Crippen molar-refractivity contribution in [3.8, 4) is 0 Å². The van der Waals surface area contributed by atoms with Crippen LogP contribution in [-0.4, -0.2) is 41.0 Å². The van der Waals surface area contributed by atoms with E-state index in [0.717, 1.165) is 51.4 Å². The van der Waals surface area contributed by atoms with E-state index in [1.165, 1.54) is 116 Å². The molecule has 0 aliphatic heterocycles. The van der Waals surface area contributed by atoms with Crippen molar-refractivity contribution in [3.63, 3.8) is 0 Å². The number of rotatable bonds is 38. The van der Waals surface area contributed by atoms with E-state index in [2.05, 4.69) is 42.7 Å². The van der Waals surface area contributed by atoms with E-state index in [0.29, 0.717) is 12.8 Å². The maximum atomic E-state index is 12.4. The highest BCUT2D eigenvalue weighted by Gasteiger charge is 2.22. The molecule has 0 saturated heterocycles. The van der Waals surface area contributed by atoms with E-state index in [1.54, 1.807) is 0 Å². The van der Waals surface area contributed by atoms with Gasteiger partial charge in [-0.15, -0.1) is 0 Å². The van der Waals surface area contributed by atoms with Gasteiger partial charge < -0.3 is 19.3 Å². The molecule has 0 unspecified atom stereocenters. The fraction of sp³-hybridized carbons (Fsp3) is 0.854. The Balaban J connectivity index is 3.90. The van der Waals surface area contributed by atoms with Gasteiger partial charge in [0.1, 0.15) is 6.61 Å². The third-order valence-electron chi connectivity index (χ3n) is 8.94. The molecule has 1 atom stereocenters. The van der Waals surface area contributed by atoms with Crippen LogP contribution in [0.25, 0.3) is 0 Å². The Hall–Kier alpha value is -1.47. The summed E-state index contributed by atoms with van der Waals surface area (Å²) in [7, 11) is -4.75. The summed E-state index contributed by atoms with van der Waals surface area (Å²) in [6, 6.07) is 0. The molecule has 0 aromatic carbocycles. The Morgan fingerprint density at radius 2 is 0.840 bits per heavy atom. The molecule has 0 spiro atoms. The third kappa shape index (κ3) is 39.3. The molecule has 0 heterocycles. The van der Waals surface area contributed by atoms with Crippen LogP contribution in [-0.2, 0) is 28.2 Å². The average molecular weight is 729 g/mol. The zero-order valence-corrected chi connectivity index (χ0v) is 33.2.